The SMILES string of the molecule is Cc1cc(C(=O)N2CC[C@@H](C)[C@H](c3cc(C(F)F)nc4ncnn34)C2)on1. The molecule has 0 spiro atoms. The second kappa shape index (κ2) is 6.67. The summed E-state index contributed by atoms with van der Waals surface area (Å²) in [6.07, 6.45) is -0.694. The molecule has 4 rings (SSSR count). The number of carbonyl (C=O) groups excluding carboxylic acids is 1. The van der Waals surface area contributed by atoms with E-state index in [-0.39, 0.29) is 35.0 Å². The Kier molecular flexibility index (Phi) is 4.33. The smallest absolute Gasteiger partial charge is 0.292 e. The molecule has 1 amide bonds. The van der Waals surface area contributed by atoms with Gasteiger partial charge in [-0.15, -0.1) is 0 Å². The minimum absolute atomic E-state index is 0.129. The molecule has 1 saturated heterocycles. The maximum atomic E-state index is 13.3. The molecule has 0 radical (unpaired) electrons. The molecule has 2 atom stereocenters. The predicted octanol–water partition coefficient (Wildman–Crippen LogP) is 2.62. The van der Waals surface area contributed by atoms with Crippen LogP contribution in [0.2, 0.25) is 0 Å². The molecule has 1 aliphatic rings. The zero-order valence-electron chi connectivity index (χ0n) is 14.8. The van der Waals surface area contributed by atoms with Crippen molar-refractivity contribution in [3.05, 3.63) is 41.3 Å². The molecule has 1 fully saturated rings. The Morgan fingerprint density at radius 2 is 2.19 bits per heavy atom. The van der Waals surface area contributed by atoms with E-state index in [0.29, 0.717) is 24.5 Å². The first-order valence-corrected chi connectivity index (χ1v) is 8.65. The number of aromatic nitrogens is 5. The Labute approximate surface area is 153 Å². The number of likely N-dealkylation sites (tertiary alicyclic amines) is 1. The average molecular weight is 376 g/mol. The number of rotatable bonds is 3. The molecule has 8 nitrogen and oxygen atoms in total. The highest BCUT2D eigenvalue weighted by atomic mass is 19.3. The predicted molar refractivity (Wildman–Crippen MR) is 89.4 cm³/mol. The summed E-state index contributed by atoms with van der Waals surface area (Å²) in [5, 5.41) is 7.88. The molecule has 3 aromatic heterocycles. The zero-order valence-corrected chi connectivity index (χ0v) is 14.8. The summed E-state index contributed by atoms with van der Waals surface area (Å²) in [4.78, 5) is 22.2. The topological polar surface area (TPSA) is 89.4 Å². The number of hydrogen-bond acceptors (Lipinski definition) is 6. The lowest BCUT2D eigenvalue weighted by Crippen LogP contribution is -2.42. The summed E-state index contributed by atoms with van der Waals surface area (Å²) >= 11 is 0. The van der Waals surface area contributed by atoms with E-state index < -0.39 is 6.43 Å². The molecule has 142 valence electrons. The Morgan fingerprint density at radius 1 is 1.37 bits per heavy atom. The second-order valence-corrected chi connectivity index (χ2v) is 6.83. The highest BCUT2D eigenvalue weighted by Gasteiger charge is 2.34. The summed E-state index contributed by atoms with van der Waals surface area (Å²) in [5.74, 6) is 0.0340. The fourth-order valence-corrected chi connectivity index (χ4v) is 3.49. The third-order valence-electron chi connectivity index (χ3n) is 4.99. The highest BCUT2D eigenvalue weighted by Crippen LogP contribution is 2.34. The van der Waals surface area contributed by atoms with Gasteiger partial charge in [-0.2, -0.15) is 10.1 Å². The standard InChI is InChI=1S/C17H18F2N6O2/c1-9-3-4-24(16(26)14-5-10(2)23-27-14)7-11(9)13-6-12(15(18)19)22-17-20-8-21-25(13)17/h5-6,8-9,11,15H,3-4,7H2,1-2H3/t9-,11-/m1/s1. The number of piperidine rings is 1. The van der Waals surface area contributed by atoms with Crippen LogP contribution < -0.4 is 0 Å². The summed E-state index contributed by atoms with van der Waals surface area (Å²) in [5.41, 5.74) is 0.860. The molecule has 0 N–H and O–H groups in total. The molecular formula is C17H18F2N6O2. The molecule has 0 saturated carbocycles. The van der Waals surface area contributed by atoms with Gasteiger partial charge in [0.25, 0.3) is 18.1 Å². The van der Waals surface area contributed by atoms with E-state index in [9.17, 15) is 13.6 Å². The summed E-state index contributed by atoms with van der Waals surface area (Å²) in [6, 6.07) is 2.95. The van der Waals surface area contributed by atoms with Crippen molar-refractivity contribution in [3.8, 4) is 0 Å². The fourth-order valence-electron chi connectivity index (χ4n) is 3.49. The van der Waals surface area contributed by atoms with Crippen LogP contribution in [0.4, 0.5) is 8.78 Å². The van der Waals surface area contributed by atoms with Crippen LogP contribution in [-0.4, -0.2) is 48.6 Å². The normalized spacial score (nSPS) is 20.6. The minimum atomic E-state index is -2.71. The van der Waals surface area contributed by atoms with E-state index in [0.717, 1.165) is 6.42 Å². The Bertz CT molecular complexity index is 985. The lowest BCUT2D eigenvalue weighted by Gasteiger charge is -2.36. The van der Waals surface area contributed by atoms with Gasteiger partial charge in [0.05, 0.1) is 11.4 Å². The summed E-state index contributed by atoms with van der Waals surface area (Å²) in [7, 11) is 0. The number of nitrogens with zero attached hydrogens (tertiary/aromatic N) is 6. The van der Waals surface area contributed by atoms with Gasteiger partial charge in [0.1, 0.15) is 12.0 Å². The number of hydrogen-bond donors (Lipinski definition) is 0. The van der Waals surface area contributed by atoms with Gasteiger partial charge in [0, 0.05) is 25.1 Å². The van der Waals surface area contributed by atoms with E-state index in [4.69, 9.17) is 4.52 Å². The largest absolute Gasteiger partial charge is 0.351 e. The van der Waals surface area contributed by atoms with Crippen LogP contribution in [0.5, 0.6) is 0 Å². The number of amides is 1. The van der Waals surface area contributed by atoms with Crippen molar-refractivity contribution in [3.63, 3.8) is 0 Å². The third kappa shape index (κ3) is 3.15. The number of halogens is 2. The maximum absolute atomic E-state index is 13.3. The molecule has 0 unspecified atom stereocenters. The summed E-state index contributed by atoms with van der Waals surface area (Å²) < 4.78 is 33.1. The highest BCUT2D eigenvalue weighted by molar-refractivity contribution is 5.91. The first kappa shape index (κ1) is 17.5. The number of aryl methyl sites for hydroxylation is 1. The molecule has 4 heterocycles. The summed E-state index contributed by atoms with van der Waals surface area (Å²) in [6.45, 7) is 4.70. The zero-order chi connectivity index (χ0) is 19.1. The van der Waals surface area contributed by atoms with E-state index >= 15 is 0 Å². The third-order valence-corrected chi connectivity index (χ3v) is 4.99. The lowest BCUT2D eigenvalue weighted by molar-refractivity contribution is 0.0624. The van der Waals surface area contributed by atoms with Gasteiger partial charge in [0.2, 0.25) is 5.76 Å². The molecule has 0 aromatic carbocycles. The first-order valence-electron chi connectivity index (χ1n) is 8.65. The average Bonchev–Trinajstić information content (AvgIpc) is 3.29. The van der Waals surface area contributed by atoms with E-state index in [2.05, 4.69) is 20.2 Å². The lowest BCUT2D eigenvalue weighted by atomic mass is 9.84. The van der Waals surface area contributed by atoms with Crippen LogP contribution in [0.25, 0.3) is 5.78 Å². The van der Waals surface area contributed by atoms with Crippen molar-refractivity contribution in [2.75, 3.05) is 13.1 Å². The Morgan fingerprint density at radius 3 is 2.89 bits per heavy atom. The fraction of sp³-hybridized carbons (Fsp3) is 0.471. The second-order valence-electron chi connectivity index (χ2n) is 6.83. The molecule has 1 aliphatic heterocycles. The Hall–Kier alpha value is -2.91. The van der Waals surface area contributed by atoms with Crippen LogP contribution in [0.1, 0.15) is 53.3 Å². The quantitative estimate of drug-likeness (QED) is 0.698. The monoisotopic (exact) mass is 376 g/mol. The Balaban J connectivity index is 1.69. The first-order chi connectivity index (χ1) is 12.9. The number of fused-ring (bicyclic) bond motifs is 1. The van der Waals surface area contributed by atoms with Crippen LogP contribution in [0, 0.1) is 12.8 Å². The van der Waals surface area contributed by atoms with Crippen LogP contribution in [0.15, 0.2) is 23.0 Å². The van der Waals surface area contributed by atoms with Crippen molar-refractivity contribution in [1.29, 1.82) is 0 Å². The van der Waals surface area contributed by atoms with Gasteiger partial charge in [0.15, 0.2) is 0 Å². The van der Waals surface area contributed by atoms with E-state index in [1.807, 2.05) is 6.92 Å². The van der Waals surface area contributed by atoms with Gasteiger partial charge in [-0.05, 0) is 25.3 Å². The van der Waals surface area contributed by atoms with Crippen molar-refractivity contribution >= 4 is 11.7 Å². The van der Waals surface area contributed by atoms with E-state index in [1.54, 1.807) is 17.9 Å². The minimum Gasteiger partial charge on any atom is -0.351 e. The van der Waals surface area contributed by atoms with Gasteiger partial charge in [-0.3, -0.25) is 4.79 Å². The van der Waals surface area contributed by atoms with Crippen LogP contribution >= 0.6 is 0 Å². The molecule has 0 bridgehead atoms. The number of carbonyl (C=O) groups is 1. The van der Waals surface area contributed by atoms with Gasteiger partial charge < -0.3 is 9.42 Å². The van der Waals surface area contributed by atoms with Gasteiger partial charge in [-0.25, -0.2) is 18.3 Å². The van der Waals surface area contributed by atoms with Gasteiger partial charge in [-0.1, -0.05) is 12.1 Å². The van der Waals surface area contributed by atoms with Crippen molar-refractivity contribution in [1.82, 2.24) is 29.6 Å². The van der Waals surface area contributed by atoms with Crippen molar-refractivity contribution < 1.29 is 18.1 Å². The maximum Gasteiger partial charge on any atom is 0.292 e. The molecule has 10 heteroatoms. The molecule has 3 aromatic rings. The molecule has 0 aliphatic carbocycles. The van der Waals surface area contributed by atoms with Crippen LogP contribution in [-0.2, 0) is 0 Å². The number of alkyl halides is 2. The van der Waals surface area contributed by atoms with Gasteiger partial charge >= 0.3 is 0 Å². The molecular weight excluding hydrogens is 358 g/mol. The van der Waals surface area contributed by atoms with Crippen LogP contribution in [0.3, 0.4) is 0 Å². The van der Waals surface area contributed by atoms with Crippen molar-refractivity contribution in [2.24, 2.45) is 5.92 Å². The van der Waals surface area contributed by atoms with E-state index in [1.165, 1.54) is 16.9 Å². The van der Waals surface area contributed by atoms with Crippen molar-refractivity contribution in [2.45, 2.75) is 32.6 Å². The molecule has 27 heavy (non-hydrogen) atoms.